The van der Waals surface area contributed by atoms with Crippen LogP contribution < -0.4 is 5.73 Å². The van der Waals surface area contributed by atoms with Gasteiger partial charge in [0.25, 0.3) is 0 Å². The SMILES string of the molecule is N[C@@H]1CCCN(Cc2nc3ccccn3c2[N+](=O)[O-])C1. The molecule has 2 aromatic rings. The van der Waals surface area contributed by atoms with Gasteiger partial charge in [-0.2, -0.15) is 4.40 Å². The largest absolute Gasteiger partial charge is 0.358 e. The molecule has 1 atom stereocenters. The number of aromatic nitrogens is 2. The predicted molar refractivity (Wildman–Crippen MR) is 74.3 cm³/mol. The van der Waals surface area contributed by atoms with Crippen molar-refractivity contribution in [3.8, 4) is 0 Å². The minimum absolute atomic E-state index is 0.0553. The molecule has 0 saturated carbocycles. The summed E-state index contributed by atoms with van der Waals surface area (Å²) in [4.78, 5) is 17.5. The summed E-state index contributed by atoms with van der Waals surface area (Å²) in [7, 11) is 0. The number of nitro groups is 1. The topological polar surface area (TPSA) is 89.7 Å². The van der Waals surface area contributed by atoms with Gasteiger partial charge in [0.05, 0.1) is 6.20 Å². The summed E-state index contributed by atoms with van der Waals surface area (Å²) in [6.45, 7) is 2.16. The van der Waals surface area contributed by atoms with Crippen molar-refractivity contribution in [2.45, 2.75) is 25.4 Å². The van der Waals surface area contributed by atoms with Gasteiger partial charge in [-0.05, 0) is 30.4 Å². The second kappa shape index (κ2) is 5.18. The van der Waals surface area contributed by atoms with Crippen LogP contribution >= 0.6 is 0 Å². The molecular weight excluding hydrogens is 258 g/mol. The Morgan fingerprint density at radius 3 is 3.10 bits per heavy atom. The first-order valence-corrected chi connectivity index (χ1v) is 6.73. The third-order valence-electron chi connectivity index (χ3n) is 3.66. The van der Waals surface area contributed by atoms with Crippen molar-refractivity contribution in [1.29, 1.82) is 0 Å². The van der Waals surface area contributed by atoms with Crippen LogP contribution in [0.15, 0.2) is 24.4 Å². The average Bonchev–Trinajstić information content (AvgIpc) is 2.76. The van der Waals surface area contributed by atoms with Gasteiger partial charge in [0.15, 0.2) is 5.69 Å². The van der Waals surface area contributed by atoms with Gasteiger partial charge >= 0.3 is 5.82 Å². The minimum atomic E-state index is -0.362. The lowest BCUT2D eigenvalue weighted by molar-refractivity contribution is -0.391. The van der Waals surface area contributed by atoms with Gasteiger partial charge < -0.3 is 15.8 Å². The average molecular weight is 275 g/mol. The van der Waals surface area contributed by atoms with E-state index in [1.54, 1.807) is 18.3 Å². The van der Waals surface area contributed by atoms with E-state index in [2.05, 4.69) is 9.88 Å². The molecule has 1 saturated heterocycles. The molecule has 1 fully saturated rings. The first-order chi connectivity index (χ1) is 9.65. The Balaban J connectivity index is 1.94. The number of pyridine rings is 1. The molecule has 1 aliphatic heterocycles. The fourth-order valence-corrected chi connectivity index (χ4v) is 2.78. The summed E-state index contributed by atoms with van der Waals surface area (Å²) in [6, 6.07) is 5.52. The molecule has 0 aromatic carbocycles. The van der Waals surface area contributed by atoms with E-state index in [0.29, 0.717) is 17.9 Å². The molecule has 3 rings (SSSR count). The van der Waals surface area contributed by atoms with Crippen molar-refractivity contribution >= 4 is 11.5 Å². The molecule has 7 nitrogen and oxygen atoms in total. The summed E-state index contributed by atoms with van der Waals surface area (Å²) >= 11 is 0. The van der Waals surface area contributed by atoms with Gasteiger partial charge in [-0.25, -0.2) is 4.98 Å². The van der Waals surface area contributed by atoms with E-state index in [9.17, 15) is 10.1 Å². The molecule has 0 spiro atoms. The zero-order chi connectivity index (χ0) is 14.1. The Kier molecular flexibility index (Phi) is 3.37. The monoisotopic (exact) mass is 275 g/mol. The van der Waals surface area contributed by atoms with Crippen molar-refractivity contribution in [2.24, 2.45) is 5.73 Å². The van der Waals surface area contributed by atoms with E-state index in [4.69, 9.17) is 5.73 Å². The van der Waals surface area contributed by atoms with Crippen LogP contribution in [0.2, 0.25) is 0 Å². The molecule has 1 aliphatic rings. The second-order valence-electron chi connectivity index (χ2n) is 5.21. The minimum Gasteiger partial charge on any atom is -0.358 e. The Hall–Kier alpha value is -1.99. The first-order valence-electron chi connectivity index (χ1n) is 6.73. The van der Waals surface area contributed by atoms with Crippen molar-refractivity contribution in [3.05, 3.63) is 40.2 Å². The van der Waals surface area contributed by atoms with Crippen LogP contribution in [0.3, 0.4) is 0 Å². The smallest absolute Gasteiger partial charge is 0.352 e. The number of piperidine rings is 1. The molecule has 106 valence electrons. The number of hydrogen-bond donors (Lipinski definition) is 1. The van der Waals surface area contributed by atoms with Crippen molar-refractivity contribution in [1.82, 2.24) is 14.3 Å². The lowest BCUT2D eigenvalue weighted by Crippen LogP contribution is -2.42. The van der Waals surface area contributed by atoms with Gasteiger partial charge in [0.2, 0.25) is 5.65 Å². The van der Waals surface area contributed by atoms with Gasteiger partial charge in [0, 0.05) is 25.2 Å². The Bertz CT molecular complexity index is 639. The summed E-state index contributed by atoms with van der Waals surface area (Å²) < 4.78 is 1.53. The molecule has 2 N–H and O–H groups in total. The van der Waals surface area contributed by atoms with Gasteiger partial charge in [-0.3, -0.25) is 4.90 Å². The van der Waals surface area contributed by atoms with Crippen LogP contribution in [-0.2, 0) is 6.54 Å². The quantitative estimate of drug-likeness (QED) is 0.670. The summed E-state index contributed by atoms with van der Waals surface area (Å²) in [5.74, 6) is 0.0553. The molecular formula is C13H17N5O2. The van der Waals surface area contributed by atoms with Crippen molar-refractivity contribution in [3.63, 3.8) is 0 Å². The van der Waals surface area contributed by atoms with Gasteiger partial charge in [-0.1, -0.05) is 6.07 Å². The highest BCUT2D eigenvalue weighted by Crippen LogP contribution is 2.23. The van der Waals surface area contributed by atoms with Crippen LogP contribution in [0.4, 0.5) is 5.82 Å². The lowest BCUT2D eigenvalue weighted by atomic mass is 10.1. The number of imidazole rings is 1. The van der Waals surface area contributed by atoms with Gasteiger partial charge in [0.1, 0.15) is 0 Å². The molecule has 0 unspecified atom stereocenters. The molecule has 3 heterocycles. The second-order valence-corrected chi connectivity index (χ2v) is 5.21. The first kappa shape index (κ1) is 13.0. The number of likely N-dealkylation sites (tertiary alicyclic amines) is 1. The highest BCUT2D eigenvalue weighted by Gasteiger charge is 2.25. The maximum atomic E-state index is 11.3. The van der Waals surface area contributed by atoms with Crippen LogP contribution in [0.5, 0.6) is 0 Å². The van der Waals surface area contributed by atoms with Crippen LogP contribution in [0, 0.1) is 10.1 Å². The van der Waals surface area contributed by atoms with E-state index in [0.717, 1.165) is 25.9 Å². The lowest BCUT2D eigenvalue weighted by Gasteiger charge is -2.29. The highest BCUT2D eigenvalue weighted by atomic mass is 16.6. The molecule has 0 aliphatic carbocycles. The molecule has 0 radical (unpaired) electrons. The highest BCUT2D eigenvalue weighted by molar-refractivity contribution is 5.48. The van der Waals surface area contributed by atoms with E-state index in [1.807, 2.05) is 6.07 Å². The predicted octanol–water partition coefficient (Wildman–Crippen LogP) is 1.17. The Labute approximate surface area is 116 Å². The number of nitrogens with zero attached hydrogens (tertiary/aromatic N) is 4. The van der Waals surface area contributed by atoms with Crippen molar-refractivity contribution < 1.29 is 4.92 Å². The summed E-state index contributed by atoms with van der Waals surface area (Å²) in [5, 5.41) is 11.3. The van der Waals surface area contributed by atoms with Crippen molar-refractivity contribution in [2.75, 3.05) is 13.1 Å². The van der Waals surface area contributed by atoms with Crippen LogP contribution in [0.1, 0.15) is 18.5 Å². The molecule has 2 aromatic heterocycles. The molecule has 0 bridgehead atoms. The molecule has 0 amide bonds. The maximum Gasteiger partial charge on any atom is 0.352 e. The number of fused-ring (bicyclic) bond motifs is 1. The molecule has 7 heteroatoms. The third kappa shape index (κ3) is 2.37. The van der Waals surface area contributed by atoms with Crippen LogP contribution in [-0.4, -0.2) is 38.3 Å². The zero-order valence-corrected chi connectivity index (χ0v) is 11.1. The van der Waals surface area contributed by atoms with Crippen LogP contribution in [0.25, 0.3) is 5.65 Å². The number of nitrogens with two attached hydrogens (primary N) is 1. The fraction of sp³-hybridized carbons (Fsp3) is 0.462. The number of hydrogen-bond acceptors (Lipinski definition) is 5. The van der Waals surface area contributed by atoms with E-state index >= 15 is 0 Å². The third-order valence-corrected chi connectivity index (χ3v) is 3.66. The maximum absolute atomic E-state index is 11.3. The van der Waals surface area contributed by atoms with E-state index in [1.165, 1.54) is 4.40 Å². The summed E-state index contributed by atoms with van der Waals surface area (Å²) in [5.41, 5.74) is 7.07. The standard InChI is InChI=1S/C13H17N5O2/c14-10-4-3-6-16(8-10)9-11-13(18(19)20)17-7-2-1-5-12(17)15-11/h1-2,5,7,10H,3-4,6,8-9,14H2/t10-/m1/s1. The normalized spacial score (nSPS) is 20.4. The Morgan fingerprint density at radius 1 is 1.50 bits per heavy atom. The van der Waals surface area contributed by atoms with E-state index < -0.39 is 0 Å². The summed E-state index contributed by atoms with van der Waals surface area (Å²) in [6.07, 6.45) is 3.72. The Morgan fingerprint density at radius 2 is 2.35 bits per heavy atom. The van der Waals surface area contributed by atoms with E-state index in [-0.39, 0.29) is 16.8 Å². The number of rotatable bonds is 3. The molecule has 20 heavy (non-hydrogen) atoms. The van der Waals surface area contributed by atoms with Gasteiger partial charge in [-0.15, -0.1) is 0 Å². The zero-order valence-electron chi connectivity index (χ0n) is 11.1. The fourth-order valence-electron chi connectivity index (χ4n) is 2.78.